The van der Waals surface area contributed by atoms with Gasteiger partial charge in [0.1, 0.15) is 11.2 Å². The van der Waals surface area contributed by atoms with Gasteiger partial charge >= 0.3 is 0 Å². The van der Waals surface area contributed by atoms with Crippen molar-refractivity contribution >= 4 is 33.3 Å². The number of fused-ring (bicyclic) bond motifs is 14. The van der Waals surface area contributed by atoms with Crippen LogP contribution in [0.2, 0.25) is 0 Å². The van der Waals surface area contributed by atoms with Gasteiger partial charge in [0.15, 0.2) is 0 Å². The molecule has 7 aromatic rings. The van der Waals surface area contributed by atoms with E-state index in [4.69, 9.17) is 4.42 Å². The third-order valence-corrected chi connectivity index (χ3v) is 11.1. The molecule has 10 rings (SSSR count). The Balaban J connectivity index is 1.28. The summed E-state index contributed by atoms with van der Waals surface area (Å²) in [6.07, 6.45) is 5.76. The Morgan fingerprint density at radius 3 is 2.08 bits per heavy atom. The van der Waals surface area contributed by atoms with Gasteiger partial charge in [0.05, 0.1) is 11.5 Å². The van der Waals surface area contributed by atoms with Crippen LogP contribution < -0.4 is 4.90 Å². The number of allylic oxidation sites excluding steroid dienone is 2. The average molecular weight is 632 g/mol. The Morgan fingerprint density at radius 2 is 1.29 bits per heavy atom. The van der Waals surface area contributed by atoms with E-state index in [1.807, 2.05) is 0 Å². The zero-order valence-electron chi connectivity index (χ0n) is 28.3. The molecule has 1 heterocycles. The van der Waals surface area contributed by atoms with E-state index >= 15 is 0 Å². The Bertz CT molecular complexity index is 2580. The van der Waals surface area contributed by atoms with Crippen molar-refractivity contribution < 1.29 is 4.42 Å². The van der Waals surface area contributed by atoms with Gasteiger partial charge in [-0.3, -0.25) is 0 Å². The molecule has 2 heteroatoms. The van der Waals surface area contributed by atoms with Gasteiger partial charge < -0.3 is 9.32 Å². The fraction of sp³-hybridized carbons (Fsp3) is 0.149. The number of hydrogen-bond acceptors (Lipinski definition) is 2. The maximum atomic E-state index is 6.75. The number of benzene rings is 6. The van der Waals surface area contributed by atoms with Gasteiger partial charge in [0, 0.05) is 27.7 Å². The van der Waals surface area contributed by atoms with E-state index < -0.39 is 5.41 Å². The third kappa shape index (κ3) is 3.89. The summed E-state index contributed by atoms with van der Waals surface area (Å²) in [6, 6.07) is 45.6. The van der Waals surface area contributed by atoms with Crippen LogP contribution in [0.4, 0.5) is 11.4 Å². The van der Waals surface area contributed by atoms with Crippen molar-refractivity contribution in [2.45, 2.75) is 45.6 Å². The molecular weight excluding hydrogens is 595 g/mol. The minimum Gasteiger partial charge on any atom is -0.455 e. The second-order valence-corrected chi connectivity index (χ2v) is 14.4. The molecule has 1 spiro atoms. The molecule has 0 radical (unpaired) electrons. The summed E-state index contributed by atoms with van der Waals surface area (Å²) in [5, 5.41) is 2.34. The van der Waals surface area contributed by atoms with E-state index in [1.54, 1.807) is 0 Å². The molecule has 0 N–H and O–H groups in total. The summed E-state index contributed by atoms with van der Waals surface area (Å²) in [5.41, 5.74) is 19.6. The highest BCUT2D eigenvalue weighted by molar-refractivity contribution is 6.13. The van der Waals surface area contributed by atoms with Crippen LogP contribution in [0.25, 0.3) is 44.2 Å². The van der Waals surface area contributed by atoms with Gasteiger partial charge in [-0.2, -0.15) is 0 Å². The van der Waals surface area contributed by atoms with Gasteiger partial charge in [-0.1, -0.05) is 114 Å². The first-order valence-electron chi connectivity index (χ1n) is 17.4. The second-order valence-electron chi connectivity index (χ2n) is 14.4. The first kappa shape index (κ1) is 28.4. The summed E-state index contributed by atoms with van der Waals surface area (Å²) < 4.78 is 6.75. The SMILES string of the molecule is CC1=CC(N(c2cc(C)cc(C)c2)c2ccc3c(c2)C2(c4ccccc4-3)c3ccccc3-c3c2ccc2c3oc3ccccc32)CC(C)=C1. The zero-order chi connectivity index (χ0) is 33.0. The molecule has 0 aliphatic heterocycles. The number of rotatable bonds is 3. The highest BCUT2D eigenvalue weighted by Gasteiger charge is 2.52. The van der Waals surface area contributed by atoms with Crippen molar-refractivity contribution in [2.75, 3.05) is 4.90 Å². The topological polar surface area (TPSA) is 16.4 Å². The van der Waals surface area contributed by atoms with Crippen LogP contribution in [0.1, 0.15) is 53.6 Å². The molecular formula is C47H37NO. The fourth-order valence-electron chi connectivity index (χ4n) is 9.52. The smallest absolute Gasteiger partial charge is 0.143 e. The molecule has 2 atom stereocenters. The molecule has 0 amide bonds. The normalized spacial score (nSPS) is 18.7. The summed E-state index contributed by atoms with van der Waals surface area (Å²) in [7, 11) is 0. The van der Waals surface area contributed by atoms with Gasteiger partial charge in [-0.05, 0) is 115 Å². The summed E-state index contributed by atoms with van der Waals surface area (Å²) in [5.74, 6) is 0. The van der Waals surface area contributed by atoms with Crippen molar-refractivity contribution in [3.63, 3.8) is 0 Å². The molecule has 49 heavy (non-hydrogen) atoms. The van der Waals surface area contributed by atoms with E-state index in [0.717, 1.165) is 23.0 Å². The predicted octanol–water partition coefficient (Wildman–Crippen LogP) is 12.3. The van der Waals surface area contributed by atoms with E-state index in [2.05, 4.69) is 166 Å². The number of para-hydroxylation sites is 1. The minimum atomic E-state index is -0.469. The minimum absolute atomic E-state index is 0.210. The molecule has 2 nitrogen and oxygen atoms in total. The lowest BCUT2D eigenvalue weighted by Gasteiger charge is -2.36. The summed E-state index contributed by atoms with van der Waals surface area (Å²) in [6.45, 7) is 8.92. The largest absolute Gasteiger partial charge is 0.455 e. The summed E-state index contributed by atoms with van der Waals surface area (Å²) >= 11 is 0. The first-order valence-corrected chi connectivity index (χ1v) is 17.4. The Morgan fingerprint density at radius 1 is 0.592 bits per heavy atom. The van der Waals surface area contributed by atoms with E-state index in [-0.39, 0.29) is 6.04 Å². The van der Waals surface area contributed by atoms with Gasteiger partial charge in [-0.25, -0.2) is 0 Å². The molecule has 2 unspecified atom stereocenters. The monoisotopic (exact) mass is 631 g/mol. The molecule has 1 aromatic heterocycles. The van der Waals surface area contributed by atoms with Crippen LogP contribution in [-0.2, 0) is 5.41 Å². The lowest BCUT2D eigenvalue weighted by molar-refractivity contribution is 0.669. The molecule has 0 saturated heterocycles. The molecule has 0 fully saturated rings. The maximum absolute atomic E-state index is 6.75. The number of hydrogen-bond donors (Lipinski definition) is 0. The molecule has 3 aliphatic carbocycles. The van der Waals surface area contributed by atoms with Crippen molar-refractivity contribution in [2.24, 2.45) is 0 Å². The number of nitrogens with zero attached hydrogens (tertiary/aromatic N) is 1. The quantitative estimate of drug-likeness (QED) is 0.193. The molecule has 236 valence electrons. The Labute approximate surface area is 287 Å². The van der Waals surface area contributed by atoms with E-state index in [9.17, 15) is 0 Å². The Kier molecular flexibility index (Phi) is 5.92. The second kappa shape index (κ2) is 10.2. The first-order chi connectivity index (χ1) is 23.9. The third-order valence-electron chi connectivity index (χ3n) is 11.1. The molecule has 0 bridgehead atoms. The lowest BCUT2D eigenvalue weighted by Crippen LogP contribution is -2.32. The standard InChI is InChI=1S/C47H37NO/c1-28-21-29(2)24-33(23-28)48(34-25-30(3)22-31(4)26-34)32-17-18-36-35-11-5-8-14-40(35)47(43(36)27-32)41-15-9-6-13-39(41)45-42(47)20-19-38-37-12-7-10-16-44(37)49-46(38)45/h5-25,27,34H,26H2,1-4H3. The highest BCUT2D eigenvalue weighted by Crippen LogP contribution is 2.64. The van der Waals surface area contributed by atoms with E-state index in [1.165, 1.54) is 83.5 Å². The molecule has 0 saturated carbocycles. The number of aryl methyl sites for hydroxylation is 2. The van der Waals surface area contributed by atoms with Crippen molar-refractivity contribution in [3.8, 4) is 22.3 Å². The average Bonchev–Trinajstić information content (AvgIpc) is 3.71. The number of anilines is 2. The lowest BCUT2D eigenvalue weighted by atomic mass is 9.70. The van der Waals surface area contributed by atoms with E-state index in [0.29, 0.717) is 0 Å². The van der Waals surface area contributed by atoms with Crippen molar-refractivity contribution in [1.82, 2.24) is 0 Å². The molecule has 6 aromatic carbocycles. The van der Waals surface area contributed by atoms with Crippen LogP contribution >= 0.6 is 0 Å². The maximum Gasteiger partial charge on any atom is 0.143 e. The highest BCUT2D eigenvalue weighted by atomic mass is 16.3. The fourth-order valence-corrected chi connectivity index (χ4v) is 9.52. The predicted molar refractivity (Wildman–Crippen MR) is 204 cm³/mol. The van der Waals surface area contributed by atoms with Crippen molar-refractivity contribution in [3.05, 3.63) is 178 Å². The Hall–Kier alpha value is -5.60. The molecule has 3 aliphatic rings. The van der Waals surface area contributed by atoms with Gasteiger partial charge in [0.25, 0.3) is 0 Å². The van der Waals surface area contributed by atoms with Crippen molar-refractivity contribution in [1.29, 1.82) is 0 Å². The van der Waals surface area contributed by atoms with Crippen LogP contribution in [0.15, 0.2) is 149 Å². The summed E-state index contributed by atoms with van der Waals surface area (Å²) in [4.78, 5) is 2.58. The van der Waals surface area contributed by atoms with Crippen LogP contribution in [-0.4, -0.2) is 6.04 Å². The number of furan rings is 1. The van der Waals surface area contributed by atoms with Gasteiger partial charge in [-0.15, -0.1) is 0 Å². The zero-order valence-corrected chi connectivity index (χ0v) is 28.3. The van der Waals surface area contributed by atoms with Crippen LogP contribution in [0.3, 0.4) is 0 Å². The van der Waals surface area contributed by atoms with Crippen LogP contribution in [0.5, 0.6) is 0 Å². The van der Waals surface area contributed by atoms with Gasteiger partial charge in [0.2, 0.25) is 0 Å². The van der Waals surface area contributed by atoms with Crippen LogP contribution in [0, 0.1) is 13.8 Å².